The molecule has 7 rings (SSSR count). The Bertz CT molecular complexity index is 2530. The fraction of sp³-hybridized carbons (Fsp3) is 0.161. The van der Waals surface area contributed by atoms with Gasteiger partial charge in [-0.25, -0.2) is 45.6 Å². The van der Waals surface area contributed by atoms with Crippen molar-refractivity contribution in [2.75, 3.05) is 47.4 Å². The van der Waals surface area contributed by atoms with Crippen molar-refractivity contribution < 1.29 is 25.6 Å². The Balaban J connectivity index is 1.21. The first-order valence-electron chi connectivity index (χ1n) is 14.8. The zero-order chi connectivity index (χ0) is 35.4. The molecule has 0 atom stereocenters. The first-order chi connectivity index (χ1) is 23.8. The van der Waals surface area contributed by atoms with Gasteiger partial charge in [0.05, 0.1) is 38.7 Å². The molecule has 1 fully saturated rings. The summed E-state index contributed by atoms with van der Waals surface area (Å²) in [6.45, 7) is 1.68. The number of nitrogens with one attached hydrogen (secondary N) is 2. The standard InChI is InChI=1S/C31H25Cl2F2N9O4S2/c1-49(45,46)43-14-12-42(13-15-43)22-5-3-6-23-30(22)38-17-44(23)25-11-10-21-29(39-25)31(37-16-36-21)40-28-19(34)8-9-20(27(28)35)41-50(47,48)24-7-2-4-18(32)26(24)33/h2-11,16-17,41H,12-15H2,1H3,(H,36,37,40). The third kappa shape index (κ3) is 6.26. The Kier molecular flexibility index (Phi) is 8.72. The third-order valence-electron chi connectivity index (χ3n) is 8.10. The first-order valence-corrected chi connectivity index (χ1v) is 18.9. The second-order valence-corrected chi connectivity index (χ2v) is 15.7. The largest absolute Gasteiger partial charge is 0.367 e. The quantitative estimate of drug-likeness (QED) is 0.201. The van der Waals surface area contributed by atoms with Gasteiger partial charge in [-0.1, -0.05) is 35.3 Å². The number of hydrogen-bond donors (Lipinski definition) is 2. The molecule has 19 heteroatoms. The molecule has 0 aliphatic carbocycles. The summed E-state index contributed by atoms with van der Waals surface area (Å²) in [7, 11) is -7.72. The molecule has 50 heavy (non-hydrogen) atoms. The van der Waals surface area contributed by atoms with Crippen LogP contribution in [0.3, 0.4) is 0 Å². The fourth-order valence-electron chi connectivity index (χ4n) is 5.63. The Hall–Kier alpha value is -4.68. The molecule has 1 aliphatic heterocycles. The molecule has 4 heterocycles. The van der Waals surface area contributed by atoms with Gasteiger partial charge in [0.1, 0.15) is 45.9 Å². The molecule has 0 unspecified atom stereocenters. The highest BCUT2D eigenvalue weighted by molar-refractivity contribution is 7.92. The van der Waals surface area contributed by atoms with Crippen LogP contribution in [0.1, 0.15) is 0 Å². The van der Waals surface area contributed by atoms with Crippen LogP contribution >= 0.6 is 23.2 Å². The van der Waals surface area contributed by atoms with Gasteiger partial charge in [0.2, 0.25) is 10.0 Å². The van der Waals surface area contributed by atoms with E-state index in [0.717, 1.165) is 17.8 Å². The summed E-state index contributed by atoms with van der Waals surface area (Å²) in [5, 5.41) is 2.34. The maximum Gasteiger partial charge on any atom is 0.263 e. The van der Waals surface area contributed by atoms with Crippen molar-refractivity contribution in [1.29, 1.82) is 0 Å². The fourth-order valence-corrected chi connectivity index (χ4v) is 8.28. The molecule has 0 bridgehead atoms. The average Bonchev–Trinajstić information content (AvgIpc) is 3.53. The van der Waals surface area contributed by atoms with Gasteiger partial charge in [-0.2, -0.15) is 4.31 Å². The van der Waals surface area contributed by atoms with Crippen molar-refractivity contribution in [3.05, 3.63) is 95.0 Å². The lowest BCUT2D eigenvalue weighted by Gasteiger charge is -2.34. The molecule has 1 saturated heterocycles. The van der Waals surface area contributed by atoms with E-state index in [2.05, 4.69) is 29.9 Å². The normalized spacial score (nSPS) is 14.4. The van der Waals surface area contributed by atoms with Crippen LogP contribution in [0, 0.1) is 11.6 Å². The molecule has 258 valence electrons. The molecule has 3 aromatic heterocycles. The van der Waals surface area contributed by atoms with E-state index in [-0.39, 0.29) is 21.4 Å². The number of imidazole rings is 1. The van der Waals surface area contributed by atoms with Gasteiger partial charge < -0.3 is 10.2 Å². The summed E-state index contributed by atoms with van der Waals surface area (Å²) in [5.41, 5.74) is 1.48. The van der Waals surface area contributed by atoms with Crippen LogP contribution in [0.5, 0.6) is 0 Å². The van der Waals surface area contributed by atoms with Crippen LogP contribution in [-0.4, -0.2) is 78.1 Å². The van der Waals surface area contributed by atoms with Crippen molar-refractivity contribution >= 4 is 88.2 Å². The SMILES string of the molecule is CS(=O)(=O)N1CCN(c2cccc3c2ncn3-c2ccc3ncnc(Nc4c(F)ccc(NS(=O)(=O)c5cccc(Cl)c5Cl)c4F)c3n2)CC1. The predicted octanol–water partition coefficient (Wildman–Crippen LogP) is 5.57. The van der Waals surface area contributed by atoms with E-state index in [9.17, 15) is 16.8 Å². The Morgan fingerprint density at radius 3 is 2.36 bits per heavy atom. The molecule has 2 N–H and O–H groups in total. The van der Waals surface area contributed by atoms with Crippen LogP contribution in [0.2, 0.25) is 10.0 Å². The third-order valence-corrected chi connectivity index (χ3v) is 11.7. The van der Waals surface area contributed by atoms with Crippen molar-refractivity contribution in [2.24, 2.45) is 0 Å². The number of pyridine rings is 1. The molecule has 0 spiro atoms. The van der Waals surface area contributed by atoms with Crippen molar-refractivity contribution in [3.63, 3.8) is 0 Å². The van der Waals surface area contributed by atoms with E-state index in [1.165, 1.54) is 35.1 Å². The predicted molar refractivity (Wildman–Crippen MR) is 188 cm³/mol. The number of para-hydroxylation sites is 1. The minimum atomic E-state index is -4.43. The van der Waals surface area contributed by atoms with Gasteiger partial charge in [-0.05, 0) is 48.5 Å². The number of fused-ring (bicyclic) bond motifs is 2. The zero-order valence-electron chi connectivity index (χ0n) is 25.8. The Labute approximate surface area is 294 Å². The monoisotopic (exact) mass is 759 g/mol. The smallest absolute Gasteiger partial charge is 0.263 e. The van der Waals surface area contributed by atoms with Crippen LogP contribution in [0.4, 0.5) is 31.7 Å². The van der Waals surface area contributed by atoms with E-state index >= 15 is 8.78 Å². The number of sulfonamides is 2. The van der Waals surface area contributed by atoms with Crippen molar-refractivity contribution in [1.82, 2.24) is 28.8 Å². The lowest BCUT2D eigenvalue weighted by molar-refractivity contribution is 0.388. The van der Waals surface area contributed by atoms with Crippen LogP contribution in [0.15, 0.2) is 78.2 Å². The number of aromatic nitrogens is 5. The average molecular weight is 761 g/mol. The second kappa shape index (κ2) is 12.9. The summed E-state index contributed by atoms with van der Waals surface area (Å²) in [6, 6.07) is 14.8. The maximum absolute atomic E-state index is 15.8. The minimum absolute atomic E-state index is 0.0203. The summed E-state index contributed by atoms with van der Waals surface area (Å²) >= 11 is 12.0. The van der Waals surface area contributed by atoms with E-state index < -0.39 is 48.0 Å². The van der Waals surface area contributed by atoms with Crippen LogP contribution < -0.4 is 14.9 Å². The first kappa shape index (κ1) is 33.8. The van der Waals surface area contributed by atoms with Crippen LogP contribution in [-0.2, 0) is 20.0 Å². The second-order valence-electron chi connectivity index (χ2n) is 11.2. The van der Waals surface area contributed by atoms with Gasteiger partial charge in [-0.3, -0.25) is 9.29 Å². The molecular weight excluding hydrogens is 735 g/mol. The van der Waals surface area contributed by atoms with Gasteiger partial charge in [0.15, 0.2) is 11.6 Å². The summed E-state index contributed by atoms with van der Waals surface area (Å²) in [6.07, 6.45) is 3.98. The summed E-state index contributed by atoms with van der Waals surface area (Å²) < 4.78 is 86.3. The van der Waals surface area contributed by atoms with Gasteiger partial charge >= 0.3 is 0 Å². The van der Waals surface area contributed by atoms with Gasteiger partial charge in [0.25, 0.3) is 10.0 Å². The van der Waals surface area contributed by atoms with Crippen molar-refractivity contribution in [3.8, 4) is 5.82 Å². The summed E-state index contributed by atoms with van der Waals surface area (Å²) in [4.78, 5) is 19.4. The Morgan fingerprint density at radius 2 is 1.60 bits per heavy atom. The highest BCUT2D eigenvalue weighted by Crippen LogP contribution is 2.35. The van der Waals surface area contributed by atoms with Crippen LogP contribution in [0.25, 0.3) is 27.9 Å². The van der Waals surface area contributed by atoms with E-state index in [1.807, 2.05) is 18.2 Å². The van der Waals surface area contributed by atoms with Gasteiger partial charge in [-0.15, -0.1) is 0 Å². The van der Waals surface area contributed by atoms with Gasteiger partial charge in [0, 0.05) is 26.2 Å². The number of benzene rings is 3. The lowest BCUT2D eigenvalue weighted by Crippen LogP contribution is -2.48. The highest BCUT2D eigenvalue weighted by atomic mass is 35.5. The molecule has 0 amide bonds. The number of piperazine rings is 1. The zero-order valence-corrected chi connectivity index (χ0v) is 29.0. The van der Waals surface area contributed by atoms with Crippen molar-refractivity contribution in [2.45, 2.75) is 4.90 Å². The van der Waals surface area contributed by atoms with E-state index in [4.69, 9.17) is 28.2 Å². The molecule has 0 saturated carbocycles. The number of rotatable bonds is 8. The number of anilines is 4. The summed E-state index contributed by atoms with van der Waals surface area (Å²) in [5.74, 6) is -1.93. The number of nitrogens with zero attached hydrogens (tertiary/aromatic N) is 7. The Morgan fingerprint density at radius 1 is 0.840 bits per heavy atom. The molecule has 3 aromatic carbocycles. The minimum Gasteiger partial charge on any atom is -0.367 e. The molecular formula is C31H25Cl2F2N9O4S2. The van der Waals surface area contributed by atoms with E-state index in [0.29, 0.717) is 48.5 Å². The van der Waals surface area contributed by atoms with E-state index in [1.54, 1.807) is 23.0 Å². The number of halogens is 4. The molecule has 0 radical (unpaired) electrons. The number of hydrogen-bond acceptors (Lipinski definition) is 10. The molecule has 6 aromatic rings. The highest BCUT2D eigenvalue weighted by Gasteiger charge is 2.26. The molecule has 1 aliphatic rings. The lowest BCUT2D eigenvalue weighted by atomic mass is 10.2. The topological polar surface area (TPSA) is 155 Å². The maximum atomic E-state index is 15.8. The molecule has 13 nitrogen and oxygen atoms in total.